The van der Waals surface area contributed by atoms with Gasteiger partial charge in [-0.15, -0.1) is 0 Å². The zero-order chi connectivity index (χ0) is 18.8. The number of allylic oxidation sites excluding steroid dienone is 1. The number of hydrogen-bond donors (Lipinski definition) is 0. The fourth-order valence-corrected chi connectivity index (χ4v) is 2.68. The number of rotatable bonds is 0. The minimum absolute atomic E-state index is 0.0889. The second kappa shape index (κ2) is 5.15. The van der Waals surface area contributed by atoms with Gasteiger partial charge >= 0.3 is 18.5 Å². The molecule has 0 spiro atoms. The fourth-order valence-electron chi connectivity index (χ4n) is 2.68. The van der Waals surface area contributed by atoms with Crippen molar-refractivity contribution in [1.29, 1.82) is 0 Å². The standard InChI is InChI=1S/C16H6F9/c17-14(18,19)10-1-7-2-11(15(20,21)22)5-9-6-12(16(23,24)25)4-8(3-10)13(7)9/h1-6H. The van der Waals surface area contributed by atoms with Gasteiger partial charge in [-0.25, -0.2) is 0 Å². The van der Waals surface area contributed by atoms with Crippen molar-refractivity contribution in [3.05, 3.63) is 58.5 Å². The number of benzene rings is 2. The van der Waals surface area contributed by atoms with Crippen LogP contribution in [0.5, 0.6) is 0 Å². The highest BCUT2D eigenvalue weighted by Crippen LogP contribution is 2.44. The van der Waals surface area contributed by atoms with Gasteiger partial charge in [0.05, 0.1) is 11.1 Å². The lowest BCUT2D eigenvalue weighted by Crippen LogP contribution is -2.16. The molecule has 0 saturated heterocycles. The van der Waals surface area contributed by atoms with Crippen molar-refractivity contribution in [2.45, 2.75) is 18.5 Å². The highest BCUT2D eigenvalue weighted by Gasteiger charge is 2.39. The molecule has 0 nitrogen and oxygen atoms in total. The first-order valence-corrected chi connectivity index (χ1v) is 6.66. The third-order valence-electron chi connectivity index (χ3n) is 3.71. The van der Waals surface area contributed by atoms with Crippen LogP contribution in [0.25, 0.3) is 16.8 Å². The molecule has 2 aromatic carbocycles. The predicted octanol–water partition coefficient (Wildman–Crippen LogP) is 6.39. The van der Waals surface area contributed by atoms with Gasteiger partial charge in [-0.3, -0.25) is 0 Å². The Morgan fingerprint density at radius 2 is 1.04 bits per heavy atom. The Labute approximate surface area is 134 Å². The normalized spacial score (nSPS) is 15.5. The molecule has 0 bridgehead atoms. The minimum Gasteiger partial charge on any atom is -0.166 e. The SMILES string of the molecule is FC(F)(F)C1=Cc2cc(C(F)(F)F)cc3cc(C(F)(F)F)cc(c23)[CH]1. The van der Waals surface area contributed by atoms with Gasteiger partial charge in [-0.1, -0.05) is 0 Å². The lowest BCUT2D eigenvalue weighted by Gasteiger charge is -2.22. The van der Waals surface area contributed by atoms with E-state index in [4.69, 9.17) is 0 Å². The Morgan fingerprint density at radius 1 is 0.560 bits per heavy atom. The number of alkyl halides is 9. The first kappa shape index (κ1) is 17.6. The smallest absolute Gasteiger partial charge is 0.166 e. The van der Waals surface area contributed by atoms with E-state index >= 15 is 0 Å². The largest absolute Gasteiger partial charge is 0.416 e. The number of hydrogen-bond acceptors (Lipinski definition) is 0. The highest BCUT2D eigenvalue weighted by molar-refractivity contribution is 5.98. The van der Waals surface area contributed by atoms with Crippen molar-refractivity contribution in [2.24, 2.45) is 0 Å². The topological polar surface area (TPSA) is 0 Å². The van der Waals surface area contributed by atoms with Crippen LogP contribution in [0.2, 0.25) is 0 Å². The molecular weight excluding hydrogens is 363 g/mol. The van der Waals surface area contributed by atoms with Crippen LogP contribution in [-0.4, -0.2) is 6.18 Å². The zero-order valence-electron chi connectivity index (χ0n) is 11.9. The van der Waals surface area contributed by atoms with Crippen molar-refractivity contribution >= 4 is 16.8 Å². The van der Waals surface area contributed by atoms with Gasteiger partial charge in [0.25, 0.3) is 0 Å². The van der Waals surface area contributed by atoms with Gasteiger partial charge in [0.2, 0.25) is 0 Å². The molecule has 1 radical (unpaired) electrons. The molecule has 2 aromatic rings. The van der Waals surface area contributed by atoms with Gasteiger partial charge in [0.1, 0.15) is 0 Å². The average Bonchev–Trinajstić information content (AvgIpc) is 2.43. The van der Waals surface area contributed by atoms with Crippen LogP contribution in [0.4, 0.5) is 39.5 Å². The van der Waals surface area contributed by atoms with E-state index in [0.717, 1.165) is 0 Å². The third kappa shape index (κ3) is 3.19. The Kier molecular flexibility index (Phi) is 3.63. The molecule has 0 atom stereocenters. The fraction of sp³-hybridized carbons (Fsp3) is 0.188. The summed E-state index contributed by atoms with van der Waals surface area (Å²) in [5, 5.41) is -0.516. The summed E-state index contributed by atoms with van der Waals surface area (Å²) in [7, 11) is 0. The monoisotopic (exact) mass is 369 g/mol. The molecule has 1 aliphatic rings. The summed E-state index contributed by atoms with van der Waals surface area (Å²) < 4.78 is 116. The Hall–Kier alpha value is -2.19. The van der Waals surface area contributed by atoms with Gasteiger partial charge in [-0.05, 0) is 52.2 Å². The van der Waals surface area contributed by atoms with Crippen molar-refractivity contribution in [3.63, 3.8) is 0 Å². The molecule has 0 N–H and O–H groups in total. The summed E-state index contributed by atoms with van der Waals surface area (Å²) >= 11 is 0. The van der Waals surface area contributed by atoms with Gasteiger partial charge in [0, 0.05) is 12.0 Å². The van der Waals surface area contributed by atoms with E-state index in [-0.39, 0.29) is 5.39 Å². The second-order valence-electron chi connectivity index (χ2n) is 5.47. The first-order chi connectivity index (χ1) is 11.3. The van der Waals surface area contributed by atoms with E-state index in [1.165, 1.54) is 0 Å². The molecule has 0 aliphatic heterocycles. The summed E-state index contributed by atoms with van der Waals surface area (Å²) in [5.41, 5.74) is -4.81. The Bertz CT molecular complexity index is 874. The van der Waals surface area contributed by atoms with Crippen LogP contribution in [0.1, 0.15) is 22.3 Å². The van der Waals surface area contributed by atoms with Crippen LogP contribution in [0, 0.1) is 6.42 Å². The first-order valence-electron chi connectivity index (χ1n) is 6.66. The molecule has 9 heteroatoms. The van der Waals surface area contributed by atoms with Crippen molar-refractivity contribution in [1.82, 2.24) is 0 Å². The quantitative estimate of drug-likeness (QED) is 0.472. The van der Waals surface area contributed by atoms with Crippen molar-refractivity contribution in [2.75, 3.05) is 0 Å². The van der Waals surface area contributed by atoms with Crippen molar-refractivity contribution < 1.29 is 39.5 Å². The van der Waals surface area contributed by atoms with Gasteiger partial charge < -0.3 is 0 Å². The minimum atomic E-state index is -4.91. The molecule has 133 valence electrons. The summed E-state index contributed by atoms with van der Waals surface area (Å²) in [5.74, 6) is 0. The van der Waals surface area contributed by atoms with E-state index in [0.29, 0.717) is 36.8 Å². The van der Waals surface area contributed by atoms with Gasteiger partial charge in [-0.2, -0.15) is 39.5 Å². The molecule has 25 heavy (non-hydrogen) atoms. The van der Waals surface area contributed by atoms with Crippen LogP contribution in [0.15, 0.2) is 29.8 Å². The predicted molar refractivity (Wildman–Crippen MR) is 71.4 cm³/mol. The molecule has 0 fully saturated rings. The van der Waals surface area contributed by atoms with E-state index in [1.807, 2.05) is 0 Å². The molecule has 0 heterocycles. The summed E-state index contributed by atoms with van der Waals surface area (Å²) in [6, 6.07) is 1.99. The van der Waals surface area contributed by atoms with E-state index in [1.54, 1.807) is 0 Å². The highest BCUT2D eigenvalue weighted by atomic mass is 19.4. The van der Waals surface area contributed by atoms with E-state index in [9.17, 15) is 39.5 Å². The van der Waals surface area contributed by atoms with Crippen LogP contribution in [-0.2, 0) is 12.4 Å². The molecule has 0 amide bonds. The molecule has 0 aromatic heterocycles. The molecule has 1 aliphatic carbocycles. The number of halogens is 9. The maximum Gasteiger partial charge on any atom is 0.416 e. The lowest BCUT2D eigenvalue weighted by atomic mass is 9.86. The Morgan fingerprint density at radius 3 is 1.48 bits per heavy atom. The lowest BCUT2D eigenvalue weighted by molar-refractivity contribution is -0.138. The maximum absolute atomic E-state index is 12.9. The summed E-state index contributed by atoms with van der Waals surface area (Å²) in [4.78, 5) is 0. The molecule has 3 rings (SSSR count). The van der Waals surface area contributed by atoms with Crippen LogP contribution >= 0.6 is 0 Å². The average molecular weight is 369 g/mol. The second-order valence-corrected chi connectivity index (χ2v) is 5.47. The Balaban J connectivity index is 2.37. The summed E-state index contributed by atoms with van der Waals surface area (Å²) in [6.07, 6.45) is -13.7. The van der Waals surface area contributed by atoms with Crippen molar-refractivity contribution in [3.8, 4) is 0 Å². The van der Waals surface area contributed by atoms with Crippen LogP contribution < -0.4 is 0 Å². The maximum atomic E-state index is 12.9. The van der Waals surface area contributed by atoms with Crippen LogP contribution in [0.3, 0.4) is 0 Å². The third-order valence-corrected chi connectivity index (χ3v) is 3.71. The van der Waals surface area contributed by atoms with Gasteiger partial charge in [0.15, 0.2) is 0 Å². The molecular formula is C16H6F9. The zero-order valence-corrected chi connectivity index (χ0v) is 11.9. The summed E-state index contributed by atoms with van der Waals surface area (Å²) in [6.45, 7) is 0. The molecule has 0 saturated carbocycles. The van der Waals surface area contributed by atoms with E-state index < -0.39 is 51.7 Å². The van der Waals surface area contributed by atoms with E-state index in [2.05, 4.69) is 0 Å². The molecule has 0 unspecified atom stereocenters.